The number of alkyl halides is 6. The predicted molar refractivity (Wildman–Crippen MR) is 126 cm³/mol. The molecule has 0 saturated heterocycles. The Bertz CT molecular complexity index is 1370. The van der Waals surface area contributed by atoms with E-state index in [0.29, 0.717) is 11.6 Å². The maximum atomic E-state index is 13.7. The number of benzene rings is 3. The number of halogens is 6. The van der Waals surface area contributed by atoms with Crippen molar-refractivity contribution >= 4 is 5.91 Å². The molecule has 1 atom stereocenters. The number of amides is 1. The molecule has 0 saturated carbocycles. The molecule has 1 N–H and O–H groups in total. The van der Waals surface area contributed by atoms with Gasteiger partial charge in [0.25, 0.3) is 5.91 Å². The largest absolute Gasteiger partial charge is 0.416 e. The van der Waals surface area contributed by atoms with Gasteiger partial charge in [-0.3, -0.25) is 9.78 Å². The van der Waals surface area contributed by atoms with Crippen LogP contribution in [0.25, 0.3) is 0 Å². The second-order valence-corrected chi connectivity index (χ2v) is 8.39. The second kappa shape index (κ2) is 10.1. The van der Waals surface area contributed by atoms with Crippen molar-refractivity contribution < 1.29 is 31.1 Å². The number of hydrogen-bond acceptors (Lipinski definition) is 2. The molecule has 4 rings (SSSR count). The van der Waals surface area contributed by atoms with Crippen LogP contribution < -0.4 is 5.32 Å². The predicted octanol–water partition coefficient (Wildman–Crippen LogP) is 7.04. The molecular formula is C28H20F6N2O. The van der Waals surface area contributed by atoms with Gasteiger partial charge in [-0.1, -0.05) is 54.6 Å². The zero-order valence-corrected chi connectivity index (χ0v) is 19.1. The van der Waals surface area contributed by atoms with Gasteiger partial charge in [-0.2, -0.15) is 26.3 Å². The van der Waals surface area contributed by atoms with E-state index >= 15 is 0 Å². The van der Waals surface area contributed by atoms with Gasteiger partial charge in [0.15, 0.2) is 0 Å². The summed E-state index contributed by atoms with van der Waals surface area (Å²) in [5.74, 6) is -0.898. The summed E-state index contributed by atoms with van der Waals surface area (Å²) in [5.41, 5.74) is -2.94. The van der Waals surface area contributed by atoms with E-state index < -0.39 is 34.9 Å². The molecule has 0 aliphatic heterocycles. The van der Waals surface area contributed by atoms with Crippen molar-refractivity contribution in [2.75, 3.05) is 0 Å². The summed E-state index contributed by atoms with van der Waals surface area (Å²) in [6, 6.07) is 21.8. The molecule has 4 aromatic rings. The number of pyridine rings is 1. The topological polar surface area (TPSA) is 42.0 Å². The van der Waals surface area contributed by atoms with Gasteiger partial charge in [0.05, 0.1) is 16.8 Å². The summed E-state index contributed by atoms with van der Waals surface area (Å²) in [4.78, 5) is 17.8. The van der Waals surface area contributed by atoms with Crippen molar-refractivity contribution in [3.05, 3.63) is 137 Å². The van der Waals surface area contributed by atoms with Gasteiger partial charge in [-0.05, 0) is 53.6 Å². The van der Waals surface area contributed by atoms with Crippen molar-refractivity contribution in [2.24, 2.45) is 0 Å². The molecule has 9 heteroatoms. The fraction of sp³-hybridized carbons (Fsp3) is 0.143. The quantitative estimate of drug-likeness (QED) is 0.281. The van der Waals surface area contributed by atoms with Gasteiger partial charge >= 0.3 is 12.4 Å². The summed E-state index contributed by atoms with van der Waals surface area (Å²) in [5, 5.41) is 2.75. The van der Waals surface area contributed by atoms with Crippen LogP contribution >= 0.6 is 0 Å². The Morgan fingerprint density at radius 3 is 1.89 bits per heavy atom. The van der Waals surface area contributed by atoms with Crippen LogP contribution in [-0.2, 0) is 24.3 Å². The lowest BCUT2D eigenvalue weighted by molar-refractivity contribution is -0.138. The van der Waals surface area contributed by atoms with Crippen LogP contribution in [0.4, 0.5) is 26.3 Å². The number of aromatic nitrogens is 1. The number of hydrogen-bond donors (Lipinski definition) is 1. The molecule has 1 amide bonds. The minimum absolute atomic E-state index is 0.0170. The lowest BCUT2D eigenvalue weighted by Gasteiger charge is -2.36. The summed E-state index contributed by atoms with van der Waals surface area (Å²) in [7, 11) is 0. The molecule has 0 aliphatic rings. The highest BCUT2D eigenvalue weighted by Gasteiger charge is 2.40. The molecule has 3 aromatic carbocycles. The van der Waals surface area contributed by atoms with Gasteiger partial charge in [-0.15, -0.1) is 0 Å². The number of rotatable bonds is 6. The van der Waals surface area contributed by atoms with E-state index in [1.165, 1.54) is 24.4 Å². The number of nitrogens with zero attached hydrogens (tertiary/aromatic N) is 1. The first kappa shape index (κ1) is 25.9. The normalized spacial score (nSPS) is 13.6. The molecule has 1 heterocycles. The number of carbonyl (C=O) groups is 1. The summed E-state index contributed by atoms with van der Waals surface area (Å²) >= 11 is 0. The third kappa shape index (κ3) is 5.82. The third-order valence-corrected chi connectivity index (χ3v) is 5.88. The van der Waals surface area contributed by atoms with Crippen LogP contribution in [0.2, 0.25) is 0 Å². The van der Waals surface area contributed by atoms with Crippen LogP contribution in [0.1, 0.15) is 38.3 Å². The van der Waals surface area contributed by atoms with E-state index in [2.05, 4.69) is 10.3 Å². The zero-order valence-electron chi connectivity index (χ0n) is 19.1. The molecule has 1 unspecified atom stereocenters. The first-order valence-electron chi connectivity index (χ1n) is 11.1. The van der Waals surface area contributed by atoms with Gasteiger partial charge in [-0.25, -0.2) is 0 Å². The van der Waals surface area contributed by atoms with Gasteiger partial charge < -0.3 is 5.32 Å². The highest BCUT2D eigenvalue weighted by atomic mass is 19.4. The SMILES string of the molecule is O=C(NC(Cc1ccccc1)(c1cccc(C(F)(F)F)c1)c1ccccn1)c1cccc(C(F)(F)F)c1. The first-order valence-corrected chi connectivity index (χ1v) is 11.1. The van der Waals surface area contributed by atoms with Crippen LogP contribution in [-0.4, -0.2) is 10.9 Å². The summed E-state index contributed by atoms with van der Waals surface area (Å²) in [6.45, 7) is 0. The number of nitrogens with one attached hydrogen (secondary N) is 1. The van der Waals surface area contributed by atoms with E-state index in [-0.39, 0.29) is 23.2 Å². The van der Waals surface area contributed by atoms with Crippen molar-refractivity contribution in [2.45, 2.75) is 24.3 Å². The molecule has 3 nitrogen and oxygen atoms in total. The van der Waals surface area contributed by atoms with Crippen molar-refractivity contribution in [3.8, 4) is 0 Å². The lowest BCUT2D eigenvalue weighted by Crippen LogP contribution is -2.49. The van der Waals surface area contributed by atoms with E-state index in [9.17, 15) is 31.1 Å². The first-order chi connectivity index (χ1) is 17.5. The fourth-order valence-electron chi connectivity index (χ4n) is 4.10. The Balaban J connectivity index is 1.91. The molecule has 37 heavy (non-hydrogen) atoms. The standard InChI is InChI=1S/C28H20F6N2O/c29-27(30,31)22-12-6-10-20(16-22)25(37)36-26(24-14-4-5-15-35-24,18-19-8-2-1-3-9-19)21-11-7-13-23(17-21)28(32,33)34/h1-17H,18H2,(H,36,37). The van der Waals surface area contributed by atoms with Crippen molar-refractivity contribution in [1.82, 2.24) is 10.3 Å². The lowest BCUT2D eigenvalue weighted by atomic mass is 9.79. The average molecular weight is 514 g/mol. The summed E-state index contributed by atoms with van der Waals surface area (Å²) < 4.78 is 80.9. The highest BCUT2D eigenvalue weighted by Crippen LogP contribution is 2.37. The molecule has 0 spiro atoms. The molecule has 1 aromatic heterocycles. The molecule has 0 radical (unpaired) electrons. The highest BCUT2D eigenvalue weighted by molar-refractivity contribution is 5.95. The average Bonchev–Trinajstić information content (AvgIpc) is 2.88. The summed E-state index contributed by atoms with van der Waals surface area (Å²) in [6.07, 6.45) is -7.93. The minimum atomic E-state index is -4.68. The maximum Gasteiger partial charge on any atom is 0.416 e. The van der Waals surface area contributed by atoms with Crippen LogP contribution in [0, 0.1) is 0 Å². The number of carbonyl (C=O) groups excluding carboxylic acids is 1. The molecule has 0 fully saturated rings. The van der Waals surface area contributed by atoms with Gasteiger partial charge in [0, 0.05) is 18.2 Å². The van der Waals surface area contributed by atoms with E-state index in [1.54, 1.807) is 48.5 Å². The zero-order chi connectivity index (χ0) is 26.7. The Kier molecular flexibility index (Phi) is 7.07. The Hall–Kier alpha value is -4.14. The Labute approximate surface area is 208 Å². The smallest absolute Gasteiger partial charge is 0.337 e. The van der Waals surface area contributed by atoms with Gasteiger partial charge in [0.1, 0.15) is 5.54 Å². The van der Waals surface area contributed by atoms with Crippen LogP contribution in [0.3, 0.4) is 0 Å². The molecule has 0 bridgehead atoms. The fourth-order valence-corrected chi connectivity index (χ4v) is 4.10. The second-order valence-electron chi connectivity index (χ2n) is 8.39. The van der Waals surface area contributed by atoms with Crippen LogP contribution in [0.15, 0.2) is 103 Å². The Morgan fingerprint density at radius 1 is 0.676 bits per heavy atom. The minimum Gasteiger partial charge on any atom is -0.337 e. The van der Waals surface area contributed by atoms with E-state index in [1.807, 2.05) is 0 Å². The van der Waals surface area contributed by atoms with Gasteiger partial charge in [0.2, 0.25) is 0 Å². The van der Waals surface area contributed by atoms with Crippen molar-refractivity contribution in [3.63, 3.8) is 0 Å². The van der Waals surface area contributed by atoms with E-state index in [4.69, 9.17) is 0 Å². The van der Waals surface area contributed by atoms with E-state index in [0.717, 1.165) is 24.3 Å². The maximum absolute atomic E-state index is 13.7. The Morgan fingerprint density at radius 2 is 1.27 bits per heavy atom. The molecule has 0 aliphatic carbocycles. The third-order valence-electron chi connectivity index (χ3n) is 5.88. The molecule has 190 valence electrons. The van der Waals surface area contributed by atoms with Crippen LogP contribution in [0.5, 0.6) is 0 Å². The monoisotopic (exact) mass is 514 g/mol. The van der Waals surface area contributed by atoms with Crippen molar-refractivity contribution in [1.29, 1.82) is 0 Å². The molecular weight excluding hydrogens is 494 g/mol.